The largest absolute Gasteiger partial charge is 0.762 e. The molecule has 0 aromatic heterocycles. The minimum absolute atomic E-state index is 0.891. The lowest BCUT2D eigenvalue weighted by molar-refractivity contribution is -0.131. The third kappa shape index (κ3) is 60.9. The summed E-state index contributed by atoms with van der Waals surface area (Å²) in [5.74, 6) is -0.891. The van der Waals surface area contributed by atoms with Gasteiger partial charge in [-0.05, 0) is 6.92 Å². The average Bonchev–Trinajstić information content (AvgIpc) is 1.62. The number of allylic oxidation sites excluding steroid dienone is 1. The molecule has 0 aromatic rings. The quantitative estimate of drug-likeness (QED) is 0.459. The predicted octanol–water partition coefficient (Wildman–Crippen LogP) is 1.53. The lowest BCUT2D eigenvalue weighted by Gasteiger charge is -1.68. The Kier molecular flexibility index (Phi) is 9.53. The van der Waals surface area contributed by atoms with Gasteiger partial charge >= 0.3 is 13.5 Å². The van der Waals surface area contributed by atoms with E-state index in [0.29, 0.717) is 0 Å². The number of hydrogen-bond acceptors (Lipinski definition) is 1. The van der Waals surface area contributed by atoms with Crippen LogP contribution in [0.25, 0.3) is 0 Å². The highest BCUT2D eigenvalue weighted by atomic mass is 19.4. The van der Waals surface area contributed by atoms with E-state index in [1.54, 1.807) is 6.92 Å². The minimum atomic E-state index is -3.67. The zero-order valence-electron chi connectivity index (χ0n) is 5.22. The molecule has 0 fully saturated rings. The number of aliphatic carboxylic acids is 1. The third-order valence-electron chi connectivity index (χ3n) is 0.309. The zero-order valence-corrected chi connectivity index (χ0v) is 5.22. The molecule has 58 valence electrons. The van der Waals surface area contributed by atoms with Gasteiger partial charge < -0.3 is 5.11 Å². The molecule has 0 rings (SSSR count). The van der Waals surface area contributed by atoms with Crippen molar-refractivity contribution in [2.75, 3.05) is 0 Å². The predicted molar refractivity (Wildman–Crippen MR) is 31.5 cm³/mol. The molecule has 0 bridgehead atoms. The fraction of sp³-hybridized carbons (Fsp3) is 0.250. The van der Waals surface area contributed by atoms with Gasteiger partial charge in [0.2, 0.25) is 0 Å². The van der Waals surface area contributed by atoms with Crippen LogP contribution in [0, 0.1) is 0 Å². The van der Waals surface area contributed by atoms with Crippen molar-refractivity contribution in [2.24, 2.45) is 0 Å². The molecule has 10 heavy (non-hydrogen) atoms. The van der Waals surface area contributed by atoms with E-state index in [0.717, 1.165) is 6.08 Å². The summed E-state index contributed by atoms with van der Waals surface area (Å²) in [6.07, 6.45) is 2.56. The van der Waals surface area contributed by atoms with Crippen LogP contribution in [0.1, 0.15) is 6.92 Å². The maximum atomic E-state index is 9.67. The van der Waals surface area contributed by atoms with Gasteiger partial charge in [0.1, 0.15) is 0 Å². The van der Waals surface area contributed by atoms with E-state index in [9.17, 15) is 17.7 Å². The second kappa shape index (κ2) is 8.06. The summed E-state index contributed by atoms with van der Waals surface area (Å²) in [7, 11) is -3.67. The number of carboxylic acids is 1. The standard InChI is InChI=1S/C4H6O2.BF3/c1-2-3-4(5)6;2-1(3)4/h2-3H,1H3,(H,5,6);/b3-2+;. The van der Waals surface area contributed by atoms with Gasteiger partial charge in [0.15, 0.2) is 0 Å². The SMILES string of the molecule is C/C=C/C(=O)O.FB(F)F. The maximum Gasteiger partial charge on any atom is 0.762 e. The van der Waals surface area contributed by atoms with Gasteiger partial charge in [-0.2, -0.15) is 0 Å². The molecule has 2 nitrogen and oxygen atoms in total. The Labute approximate surface area is 56.6 Å². The molecule has 0 aliphatic rings. The molecule has 1 N–H and O–H groups in total. The van der Waals surface area contributed by atoms with Gasteiger partial charge in [-0.15, -0.1) is 0 Å². The molecular weight excluding hydrogens is 148 g/mol. The molecule has 0 saturated carbocycles. The Morgan fingerprint density at radius 1 is 1.50 bits per heavy atom. The number of carboxylic acid groups (broad SMARTS) is 1. The number of carbonyl (C=O) groups is 1. The van der Waals surface area contributed by atoms with Gasteiger partial charge in [0.25, 0.3) is 0 Å². The van der Waals surface area contributed by atoms with Crippen LogP contribution in [-0.4, -0.2) is 18.6 Å². The zero-order chi connectivity index (χ0) is 8.57. The summed E-state index contributed by atoms with van der Waals surface area (Å²) in [5.41, 5.74) is 0. The van der Waals surface area contributed by atoms with Crippen molar-refractivity contribution in [2.45, 2.75) is 6.92 Å². The topological polar surface area (TPSA) is 37.3 Å². The lowest BCUT2D eigenvalue weighted by atomic mass is 10.5. The molecule has 0 atom stereocenters. The van der Waals surface area contributed by atoms with E-state index >= 15 is 0 Å². The average molecular weight is 154 g/mol. The Hall–Kier alpha value is -0.935. The van der Waals surface area contributed by atoms with Gasteiger partial charge in [-0.3, -0.25) is 12.9 Å². The molecule has 0 aliphatic heterocycles. The van der Waals surface area contributed by atoms with Crippen molar-refractivity contribution in [1.82, 2.24) is 0 Å². The van der Waals surface area contributed by atoms with Crippen molar-refractivity contribution in [3.63, 3.8) is 0 Å². The van der Waals surface area contributed by atoms with Crippen LogP contribution in [0.2, 0.25) is 0 Å². The highest BCUT2D eigenvalue weighted by Crippen LogP contribution is 1.80. The van der Waals surface area contributed by atoms with Crippen LogP contribution in [0.3, 0.4) is 0 Å². The molecule has 6 heteroatoms. The third-order valence-corrected chi connectivity index (χ3v) is 0.309. The second-order valence-corrected chi connectivity index (χ2v) is 1.09. The van der Waals surface area contributed by atoms with Crippen LogP contribution < -0.4 is 0 Å². The minimum Gasteiger partial charge on any atom is -0.478 e. The molecule has 0 spiro atoms. The van der Waals surface area contributed by atoms with E-state index in [4.69, 9.17) is 5.11 Å². The highest BCUT2D eigenvalue weighted by Gasteiger charge is 2.06. The van der Waals surface area contributed by atoms with E-state index in [1.807, 2.05) is 0 Å². The Bertz CT molecular complexity index is 112. The van der Waals surface area contributed by atoms with Crippen molar-refractivity contribution in [3.8, 4) is 0 Å². The van der Waals surface area contributed by atoms with Gasteiger partial charge in [-0.1, -0.05) is 6.08 Å². The Morgan fingerprint density at radius 3 is 1.80 bits per heavy atom. The monoisotopic (exact) mass is 154 g/mol. The van der Waals surface area contributed by atoms with Crippen molar-refractivity contribution in [3.05, 3.63) is 12.2 Å². The van der Waals surface area contributed by atoms with Gasteiger partial charge in [-0.25, -0.2) is 4.79 Å². The summed E-state index contributed by atoms with van der Waals surface area (Å²) in [6.45, 7) is 1.66. The molecule has 0 aromatic carbocycles. The molecule has 0 aliphatic carbocycles. The summed E-state index contributed by atoms with van der Waals surface area (Å²) in [4.78, 5) is 9.51. The first-order chi connectivity index (χ1) is 4.50. The number of hydrogen-bond donors (Lipinski definition) is 1. The van der Waals surface area contributed by atoms with Crippen LogP contribution >= 0.6 is 0 Å². The van der Waals surface area contributed by atoms with E-state index < -0.39 is 13.5 Å². The van der Waals surface area contributed by atoms with E-state index in [1.165, 1.54) is 6.08 Å². The lowest BCUT2D eigenvalue weighted by Crippen LogP contribution is -1.83. The van der Waals surface area contributed by atoms with Gasteiger partial charge in [0.05, 0.1) is 0 Å². The molecule has 0 radical (unpaired) electrons. The van der Waals surface area contributed by atoms with Crippen molar-refractivity contribution in [1.29, 1.82) is 0 Å². The van der Waals surface area contributed by atoms with Crippen LogP contribution in [0.4, 0.5) is 12.9 Å². The molecule has 0 saturated heterocycles. The van der Waals surface area contributed by atoms with E-state index in [-0.39, 0.29) is 0 Å². The summed E-state index contributed by atoms with van der Waals surface area (Å²) in [6, 6.07) is 0. The van der Waals surface area contributed by atoms with Gasteiger partial charge in [0, 0.05) is 6.08 Å². The summed E-state index contributed by atoms with van der Waals surface area (Å²) in [5, 5.41) is 7.83. The fourth-order valence-corrected chi connectivity index (χ4v) is 0.143. The van der Waals surface area contributed by atoms with Crippen molar-refractivity contribution < 1.29 is 22.8 Å². The molecule has 0 amide bonds. The smallest absolute Gasteiger partial charge is 0.478 e. The summed E-state index contributed by atoms with van der Waals surface area (Å²) < 4.78 is 29.0. The Balaban J connectivity index is 0. The van der Waals surface area contributed by atoms with Crippen LogP contribution in [-0.2, 0) is 4.79 Å². The number of rotatable bonds is 1. The van der Waals surface area contributed by atoms with Crippen LogP contribution in [0.5, 0.6) is 0 Å². The van der Waals surface area contributed by atoms with E-state index in [2.05, 4.69) is 0 Å². The first kappa shape index (κ1) is 11.8. The second-order valence-electron chi connectivity index (χ2n) is 1.09. The molecular formula is C4H6BF3O2. The Morgan fingerprint density at radius 2 is 1.80 bits per heavy atom. The number of halogens is 3. The normalized spacial score (nSPS) is 8.40. The van der Waals surface area contributed by atoms with Crippen molar-refractivity contribution >= 4 is 13.5 Å². The first-order valence-corrected chi connectivity index (χ1v) is 2.28. The fourth-order valence-electron chi connectivity index (χ4n) is 0.143. The maximum absolute atomic E-state index is 9.67. The molecule has 0 unspecified atom stereocenters. The van der Waals surface area contributed by atoms with Crippen LogP contribution in [0.15, 0.2) is 12.2 Å². The highest BCUT2D eigenvalue weighted by molar-refractivity contribution is 6.33. The molecule has 0 heterocycles. The summed E-state index contributed by atoms with van der Waals surface area (Å²) >= 11 is 0. The first-order valence-electron chi connectivity index (χ1n) is 2.28.